The van der Waals surface area contributed by atoms with Gasteiger partial charge < -0.3 is 10.2 Å². The second-order valence-corrected chi connectivity index (χ2v) is 2.31. The van der Waals surface area contributed by atoms with Crippen LogP contribution in [-0.4, -0.2) is 9.97 Å². The lowest BCUT2D eigenvalue weighted by molar-refractivity contribution is 0.570. The molecule has 0 atom stereocenters. The van der Waals surface area contributed by atoms with Crippen molar-refractivity contribution in [2.24, 2.45) is 0 Å². The molecule has 60 valence electrons. The van der Waals surface area contributed by atoms with Crippen molar-refractivity contribution < 1.29 is 4.42 Å². The van der Waals surface area contributed by atoms with Gasteiger partial charge in [0, 0.05) is 0 Å². The highest BCUT2D eigenvalue weighted by molar-refractivity contribution is 5.52. The maximum absolute atomic E-state index is 5.49. The second kappa shape index (κ2) is 2.65. The van der Waals surface area contributed by atoms with Crippen LogP contribution in [0.3, 0.4) is 0 Å². The summed E-state index contributed by atoms with van der Waals surface area (Å²) in [4.78, 5) is 7.84. The summed E-state index contributed by atoms with van der Waals surface area (Å²) in [5, 5.41) is 0. The van der Waals surface area contributed by atoms with E-state index in [4.69, 9.17) is 10.2 Å². The Morgan fingerprint density at radius 3 is 2.92 bits per heavy atom. The molecule has 0 radical (unpaired) electrons. The van der Waals surface area contributed by atoms with Gasteiger partial charge in [0.05, 0.1) is 6.20 Å². The van der Waals surface area contributed by atoms with Crippen LogP contribution in [-0.2, 0) is 0 Å². The van der Waals surface area contributed by atoms with E-state index in [1.807, 2.05) is 12.1 Å². The first-order valence-electron chi connectivity index (χ1n) is 3.47. The number of nitrogens with two attached hydrogens (primary N) is 1. The van der Waals surface area contributed by atoms with Crippen molar-refractivity contribution in [1.29, 1.82) is 0 Å². The van der Waals surface area contributed by atoms with Crippen LogP contribution < -0.4 is 5.73 Å². The van der Waals surface area contributed by atoms with Gasteiger partial charge in [-0.15, -0.1) is 0 Å². The number of nitrogens with zero attached hydrogens (tertiary/aromatic N) is 2. The fourth-order valence-electron chi connectivity index (χ4n) is 0.931. The Bertz CT molecular complexity index is 370. The molecule has 0 amide bonds. The maximum atomic E-state index is 5.49. The summed E-state index contributed by atoms with van der Waals surface area (Å²) in [5.74, 6) is 1.10. The lowest BCUT2D eigenvalue weighted by Gasteiger charge is -1.95. The lowest BCUT2D eigenvalue weighted by atomic mass is 10.3. The van der Waals surface area contributed by atoms with Crippen molar-refractivity contribution in [2.45, 2.75) is 0 Å². The minimum atomic E-state index is 0.476. The van der Waals surface area contributed by atoms with Crippen LogP contribution in [0.4, 0.5) is 5.82 Å². The zero-order valence-corrected chi connectivity index (χ0v) is 6.27. The van der Waals surface area contributed by atoms with Crippen LogP contribution in [0.15, 0.2) is 35.2 Å². The molecule has 4 nitrogen and oxygen atoms in total. The molecule has 0 bridgehead atoms. The van der Waals surface area contributed by atoms with E-state index in [9.17, 15) is 0 Å². The number of pyridine rings is 1. The monoisotopic (exact) mass is 161 g/mol. The van der Waals surface area contributed by atoms with E-state index in [1.165, 1.54) is 6.39 Å². The molecule has 0 unspecified atom stereocenters. The molecule has 2 N–H and O–H groups in total. The molecule has 2 aromatic heterocycles. The number of anilines is 1. The maximum Gasteiger partial charge on any atom is 0.181 e. The second-order valence-electron chi connectivity index (χ2n) is 2.31. The Morgan fingerprint density at radius 1 is 1.33 bits per heavy atom. The molecule has 0 aliphatic rings. The number of nitrogen functional groups attached to an aromatic ring is 1. The molecule has 0 saturated carbocycles. The molecular weight excluding hydrogens is 154 g/mol. The minimum absolute atomic E-state index is 0.476. The number of rotatable bonds is 1. The van der Waals surface area contributed by atoms with Gasteiger partial charge in [0.1, 0.15) is 11.5 Å². The molecule has 0 aromatic carbocycles. The summed E-state index contributed by atoms with van der Waals surface area (Å²) in [5.41, 5.74) is 6.19. The number of hydrogen-bond acceptors (Lipinski definition) is 4. The van der Waals surface area contributed by atoms with E-state index in [0.29, 0.717) is 17.3 Å². The average Bonchev–Trinajstić information content (AvgIpc) is 2.56. The zero-order chi connectivity index (χ0) is 8.39. The Kier molecular flexibility index (Phi) is 1.51. The molecule has 0 saturated heterocycles. The predicted octanol–water partition coefficient (Wildman–Crippen LogP) is 1.32. The number of aromatic nitrogens is 2. The first-order chi connectivity index (χ1) is 5.86. The van der Waals surface area contributed by atoms with Crippen LogP contribution in [0.25, 0.3) is 11.5 Å². The van der Waals surface area contributed by atoms with Crippen LogP contribution in [0.5, 0.6) is 0 Å². The molecule has 0 fully saturated rings. The van der Waals surface area contributed by atoms with E-state index in [2.05, 4.69) is 9.97 Å². The van der Waals surface area contributed by atoms with Crippen molar-refractivity contribution >= 4 is 5.82 Å². The van der Waals surface area contributed by atoms with Crippen molar-refractivity contribution in [3.63, 3.8) is 0 Å². The Labute approximate surface area is 69.1 Å². The van der Waals surface area contributed by atoms with Gasteiger partial charge in [-0.25, -0.2) is 9.97 Å². The molecule has 12 heavy (non-hydrogen) atoms. The highest BCUT2D eigenvalue weighted by Gasteiger charge is 2.01. The van der Waals surface area contributed by atoms with E-state index in [1.54, 1.807) is 12.3 Å². The average molecular weight is 161 g/mol. The first-order valence-corrected chi connectivity index (χ1v) is 3.47. The van der Waals surface area contributed by atoms with Crippen LogP contribution >= 0.6 is 0 Å². The van der Waals surface area contributed by atoms with Crippen molar-refractivity contribution in [3.8, 4) is 11.5 Å². The van der Waals surface area contributed by atoms with Gasteiger partial charge in [-0.05, 0) is 12.1 Å². The first kappa shape index (κ1) is 6.84. The summed E-state index contributed by atoms with van der Waals surface area (Å²) in [7, 11) is 0. The van der Waals surface area contributed by atoms with Gasteiger partial charge in [0.2, 0.25) is 0 Å². The zero-order valence-electron chi connectivity index (χ0n) is 6.27. The van der Waals surface area contributed by atoms with E-state index < -0.39 is 0 Å². The van der Waals surface area contributed by atoms with Gasteiger partial charge in [-0.2, -0.15) is 0 Å². The summed E-state index contributed by atoms with van der Waals surface area (Å²) < 4.78 is 5.05. The van der Waals surface area contributed by atoms with E-state index in [0.717, 1.165) is 0 Å². The van der Waals surface area contributed by atoms with Crippen LogP contribution in [0, 0.1) is 0 Å². The normalized spacial score (nSPS) is 10.0. The summed E-state index contributed by atoms with van der Waals surface area (Å²) in [6.07, 6.45) is 2.96. The SMILES string of the molecule is Nc1cccc(-c2cnco2)n1. The van der Waals surface area contributed by atoms with Gasteiger partial charge in [-0.3, -0.25) is 0 Å². The summed E-state index contributed by atoms with van der Waals surface area (Å²) >= 11 is 0. The number of oxazole rings is 1. The largest absolute Gasteiger partial charge is 0.442 e. The van der Waals surface area contributed by atoms with E-state index in [-0.39, 0.29) is 0 Å². The quantitative estimate of drug-likeness (QED) is 0.685. The Hall–Kier alpha value is -1.84. The Balaban J connectivity index is 2.48. The third-order valence-electron chi connectivity index (χ3n) is 1.46. The molecule has 4 heteroatoms. The van der Waals surface area contributed by atoms with Gasteiger partial charge >= 0.3 is 0 Å². The van der Waals surface area contributed by atoms with Crippen LogP contribution in [0.1, 0.15) is 0 Å². The standard InChI is InChI=1S/C8H7N3O/c9-8-3-1-2-6(11-8)7-4-10-5-12-7/h1-5H,(H2,9,11). The lowest BCUT2D eigenvalue weighted by Crippen LogP contribution is -1.90. The van der Waals surface area contributed by atoms with Crippen molar-refractivity contribution in [1.82, 2.24) is 9.97 Å². The summed E-state index contributed by atoms with van der Waals surface area (Å²) in [6, 6.07) is 5.36. The predicted molar refractivity (Wildman–Crippen MR) is 44.1 cm³/mol. The smallest absolute Gasteiger partial charge is 0.181 e. The minimum Gasteiger partial charge on any atom is -0.442 e. The molecule has 2 heterocycles. The fraction of sp³-hybridized carbons (Fsp3) is 0. The van der Waals surface area contributed by atoms with Crippen LogP contribution in [0.2, 0.25) is 0 Å². The van der Waals surface area contributed by atoms with Crippen molar-refractivity contribution in [3.05, 3.63) is 30.8 Å². The fourth-order valence-corrected chi connectivity index (χ4v) is 0.931. The topological polar surface area (TPSA) is 64.9 Å². The Morgan fingerprint density at radius 2 is 2.25 bits per heavy atom. The molecule has 0 spiro atoms. The highest BCUT2D eigenvalue weighted by Crippen LogP contribution is 2.16. The van der Waals surface area contributed by atoms with Gasteiger partial charge in [0.25, 0.3) is 0 Å². The highest BCUT2D eigenvalue weighted by atomic mass is 16.3. The molecule has 0 aliphatic heterocycles. The third-order valence-corrected chi connectivity index (χ3v) is 1.46. The van der Waals surface area contributed by atoms with Gasteiger partial charge in [0.15, 0.2) is 12.2 Å². The molecular formula is C8H7N3O. The number of hydrogen-bond donors (Lipinski definition) is 1. The van der Waals surface area contributed by atoms with Gasteiger partial charge in [-0.1, -0.05) is 6.07 Å². The molecule has 2 aromatic rings. The van der Waals surface area contributed by atoms with Crippen molar-refractivity contribution in [2.75, 3.05) is 5.73 Å². The molecule has 0 aliphatic carbocycles. The van der Waals surface area contributed by atoms with E-state index >= 15 is 0 Å². The molecule has 2 rings (SSSR count). The third kappa shape index (κ3) is 1.14. The summed E-state index contributed by atoms with van der Waals surface area (Å²) in [6.45, 7) is 0.